The van der Waals surface area contributed by atoms with E-state index in [1.165, 1.54) is 0 Å². The molecule has 0 aromatic rings. The molecule has 4 heteroatoms. The highest BCUT2D eigenvalue weighted by Crippen LogP contribution is 2.45. The summed E-state index contributed by atoms with van der Waals surface area (Å²) < 4.78 is 0. The first-order chi connectivity index (χ1) is 8.52. The van der Waals surface area contributed by atoms with Gasteiger partial charge in [-0.15, -0.1) is 0 Å². The molecule has 0 aromatic carbocycles. The number of likely N-dealkylation sites (tertiary alicyclic amines) is 1. The first kappa shape index (κ1) is 11.8. The smallest absolute Gasteiger partial charge is 0.329 e. The second-order valence-electron chi connectivity index (χ2n) is 6.06. The van der Waals surface area contributed by atoms with E-state index in [9.17, 15) is 14.7 Å². The largest absolute Gasteiger partial charge is 0.480 e. The van der Waals surface area contributed by atoms with Crippen LogP contribution < -0.4 is 0 Å². The quantitative estimate of drug-likeness (QED) is 0.757. The number of aliphatic carboxylic acids is 1. The molecule has 1 saturated carbocycles. The summed E-state index contributed by atoms with van der Waals surface area (Å²) in [5, 5.41) is 9.36. The minimum atomic E-state index is -0.984. The second-order valence-corrected chi connectivity index (χ2v) is 6.06. The predicted octanol–water partition coefficient (Wildman–Crippen LogP) is 1.66. The van der Waals surface area contributed by atoms with Crippen molar-refractivity contribution in [3.05, 3.63) is 12.2 Å². The minimum absolute atomic E-state index is 0.0248. The number of carboxylic acids is 1. The Morgan fingerprint density at radius 3 is 2.67 bits per heavy atom. The Hall–Kier alpha value is -1.32. The van der Waals surface area contributed by atoms with E-state index >= 15 is 0 Å². The lowest BCUT2D eigenvalue weighted by Gasteiger charge is -2.34. The molecule has 4 unspecified atom stereocenters. The van der Waals surface area contributed by atoms with Crippen LogP contribution in [-0.4, -0.2) is 34.0 Å². The molecule has 3 aliphatic rings. The number of hydrogen-bond acceptors (Lipinski definition) is 2. The first-order valence-corrected chi connectivity index (χ1v) is 6.75. The van der Waals surface area contributed by atoms with Gasteiger partial charge in [0.2, 0.25) is 5.91 Å². The number of allylic oxidation sites excluding steroid dienone is 2. The molecule has 1 heterocycles. The molecule has 18 heavy (non-hydrogen) atoms. The average Bonchev–Trinajstić information content (AvgIpc) is 3.02. The molecule has 1 saturated heterocycles. The highest BCUT2D eigenvalue weighted by molar-refractivity contribution is 5.89. The maximum Gasteiger partial charge on any atom is 0.329 e. The Kier molecular flexibility index (Phi) is 2.50. The van der Waals surface area contributed by atoms with Gasteiger partial charge in [0.1, 0.15) is 5.54 Å². The van der Waals surface area contributed by atoms with Gasteiger partial charge in [0.05, 0.1) is 0 Å². The molecule has 0 aromatic heterocycles. The monoisotopic (exact) mass is 249 g/mol. The van der Waals surface area contributed by atoms with Gasteiger partial charge >= 0.3 is 5.97 Å². The fourth-order valence-electron chi connectivity index (χ4n) is 3.80. The number of nitrogens with zero attached hydrogens (tertiary/aromatic N) is 1. The van der Waals surface area contributed by atoms with Crippen molar-refractivity contribution in [3.63, 3.8) is 0 Å². The van der Waals surface area contributed by atoms with E-state index in [2.05, 4.69) is 12.2 Å². The van der Waals surface area contributed by atoms with E-state index in [0.29, 0.717) is 24.8 Å². The third-order valence-corrected chi connectivity index (χ3v) is 4.96. The van der Waals surface area contributed by atoms with Gasteiger partial charge in [0.15, 0.2) is 0 Å². The molecular weight excluding hydrogens is 230 g/mol. The zero-order valence-electron chi connectivity index (χ0n) is 10.6. The van der Waals surface area contributed by atoms with Gasteiger partial charge < -0.3 is 10.0 Å². The molecule has 1 amide bonds. The molecule has 2 bridgehead atoms. The second kappa shape index (κ2) is 3.84. The van der Waals surface area contributed by atoms with Gasteiger partial charge in [-0.3, -0.25) is 4.79 Å². The molecule has 98 valence electrons. The number of carbonyl (C=O) groups excluding carboxylic acids is 1. The van der Waals surface area contributed by atoms with E-state index in [4.69, 9.17) is 0 Å². The SMILES string of the molecule is CC1(C(=O)O)CCCN1C(=O)C1CC2C=CC1C2. The fraction of sp³-hybridized carbons (Fsp3) is 0.714. The van der Waals surface area contributed by atoms with Crippen LogP contribution in [0.4, 0.5) is 0 Å². The number of rotatable bonds is 2. The van der Waals surface area contributed by atoms with Crippen LogP contribution in [0.15, 0.2) is 12.2 Å². The zero-order valence-corrected chi connectivity index (χ0v) is 10.6. The predicted molar refractivity (Wildman–Crippen MR) is 65.8 cm³/mol. The Morgan fingerprint density at radius 2 is 2.11 bits per heavy atom. The van der Waals surface area contributed by atoms with Crippen LogP contribution in [0.2, 0.25) is 0 Å². The summed E-state index contributed by atoms with van der Waals surface area (Å²) in [5.41, 5.74) is -0.984. The maximum absolute atomic E-state index is 12.6. The van der Waals surface area contributed by atoms with E-state index < -0.39 is 11.5 Å². The highest BCUT2D eigenvalue weighted by Gasteiger charge is 2.50. The summed E-state index contributed by atoms with van der Waals surface area (Å²) in [4.78, 5) is 25.6. The highest BCUT2D eigenvalue weighted by atomic mass is 16.4. The third kappa shape index (κ3) is 1.51. The van der Waals surface area contributed by atoms with Crippen LogP contribution in [-0.2, 0) is 9.59 Å². The minimum Gasteiger partial charge on any atom is -0.480 e. The Morgan fingerprint density at radius 1 is 1.33 bits per heavy atom. The van der Waals surface area contributed by atoms with Gasteiger partial charge in [-0.25, -0.2) is 4.79 Å². The number of carbonyl (C=O) groups is 2. The normalized spacial score (nSPS) is 41.6. The summed E-state index contributed by atoms with van der Waals surface area (Å²) in [6.45, 7) is 2.28. The van der Waals surface area contributed by atoms with Gasteiger partial charge in [-0.1, -0.05) is 12.2 Å². The van der Waals surface area contributed by atoms with Gasteiger partial charge in [0.25, 0.3) is 0 Å². The third-order valence-electron chi connectivity index (χ3n) is 4.96. The van der Waals surface area contributed by atoms with Crippen LogP contribution in [0.1, 0.15) is 32.6 Å². The number of carboxylic acid groups (broad SMARTS) is 1. The lowest BCUT2D eigenvalue weighted by Crippen LogP contribution is -2.53. The summed E-state index contributed by atoms with van der Waals surface area (Å²) in [7, 11) is 0. The summed E-state index contributed by atoms with van der Waals surface area (Å²) >= 11 is 0. The molecule has 0 radical (unpaired) electrons. The van der Waals surface area contributed by atoms with Crippen LogP contribution in [0.25, 0.3) is 0 Å². The number of amides is 1. The lowest BCUT2D eigenvalue weighted by molar-refractivity contribution is -0.157. The fourth-order valence-corrected chi connectivity index (χ4v) is 3.80. The van der Waals surface area contributed by atoms with Crippen LogP contribution in [0.3, 0.4) is 0 Å². The summed E-state index contributed by atoms with van der Waals surface area (Å²) in [5.74, 6) is 0.113. The van der Waals surface area contributed by atoms with Crippen LogP contribution >= 0.6 is 0 Å². The number of hydrogen-bond donors (Lipinski definition) is 1. The van der Waals surface area contributed by atoms with Gasteiger partial charge in [-0.2, -0.15) is 0 Å². The van der Waals surface area contributed by atoms with Crippen LogP contribution in [0.5, 0.6) is 0 Å². The van der Waals surface area contributed by atoms with Crippen molar-refractivity contribution in [1.82, 2.24) is 4.90 Å². The van der Waals surface area contributed by atoms with Crippen molar-refractivity contribution in [3.8, 4) is 0 Å². The standard InChI is InChI=1S/C14H19NO3/c1-14(13(17)18)5-2-6-15(14)12(16)11-8-9-3-4-10(11)7-9/h3-4,9-11H,2,5-8H2,1H3,(H,17,18). The van der Waals surface area contributed by atoms with Crippen molar-refractivity contribution in [1.29, 1.82) is 0 Å². The van der Waals surface area contributed by atoms with Gasteiger partial charge in [-0.05, 0) is 44.4 Å². The Labute approximate surface area is 107 Å². The van der Waals surface area contributed by atoms with Gasteiger partial charge in [0, 0.05) is 12.5 Å². The van der Waals surface area contributed by atoms with Crippen molar-refractivity contribution < 1.29 is 14.7 Å². The van der Waals surface area contributed by atoms with E-state index in [0.717, 1.165) is 19.3 Å². The molecule has 0 spiro atoms. The van der Waals surface area contributed by atoms with Crippen LogP contribution in [0, 0.1) is 17.8 Å². The number of fused-ring (bicyclic) bond motifs is 2. The molecule has 3 rings (SSSR count). The Bertz CT molecular complexity index is 431. The van der Waals surface area contributed by atoms with Crippen molar-refractivity contribution >= 4 is 11.9 Å². The maximum atomic E-state index is 12.6. The molecule has 2 fully saturated rings. The average molecular weight is 249 g/mol. The lowest BCUT2D eigenvalue weighted by atomic mass is 9.90. The molecule has 1 N–H and O–H groups in total. The van der Waals surface area contributed by atoms with E-state index in [1.54, 1.807) is 11.8 Å². The van der Waals surface area contributed by atoms with E-state index in [-0.39, 0.29) is 11.8 Å². The Balaban J connectivity index is 1.80. The summed E-state index contributed by atoms with van der Waals surface area (Å²) in [6, 6.07) is 0. The first-order valence-electron chi connectivity index (χ1n) is 6.75. The summed E-state index contributed by atoms with van der Waals surface area (Å²) in [6.07, 6.45) is 7.70. The molecule has 2 aliphatic carbocycles. The molecule has 1 aliphatic heterocycles. The topological polar surface area (TPSA) is 57.6 Å². The van der Waals surface area contributed by atoms with E-state index in [1.807, 2.05) is 0 Å². The zero-order chi connectivity index (χ0) is 12.9. The van der Waals surface area contributed by atoms with Crippen molar-refractivity contribution in [2.45, 2.75) is 38.1 Å². The van der Waals surface area contributed by atoms with Crippen molar-refractivity contribution in [2.24, 2.45) is 17.8 Å². The molecular formula is C14H19NO3. The molecule has 4 atom stereocenters. The van der Waals surface area contributed by atoms with Crippen molar-refractivity contribution in [2.75, 3.05) is 6.54 Å². The molecule has 4 nitrogen and oxygen atoms in total.